The Hall–Kier alpha value is -0.320. The van der Waals surface area contributed by atoms with Crippen LogP contribution in [0.15, 0.2) is 0 Å². The lowest BCUT2D eigenvalue weighted by Crippen LogP contribution is -2.35. The SMILES string of the molecule is CCOCCCCNC(=O)CNCC1CC1.Cl. The molecule has 4 nitrogen and oxygen atoms in total. The monoisotopic (exact) mass is 264 g/mol. The highest BCUT2D eigenvalue weighted by Crippen LogP contribution is 2.27. The van der Waals surface area contributed by atoms with Crippen LogP contribution in [0.2, 0.25) is 0 Å². The van der Waals surface area contributed by atoms with E-state index in [4.69, 9.17) is 4.74 Å². The van der Waals surface area contributed by atoms with Crippen molar-refractivity contribution in [3.8, 4) is 0 Å². The zero-order valence-corrected chi connectivity index (χ0v) is 11.5. The molecule has 0 aromatic heterocycles. The van der Waals surface area contributed by atoms with E-state index in [1.807, 2.05) is 6.92 Å². The zero-order valence-electron chi connectivity index (χ0n) is 10.7. The van der Waals surface area contributed by atoms with Gasteiger partial charge in [0.1, 0.15) is 0 Å². The largest absolute Gasteiger partial charge is 0.382 e. The summed E-state index contributed by atoms with van der Waals surface area (Å²) in [7, 11) is 0. The minimum absolute atomic E-state index is 0. The Morgan fingerprint density at radius 2 is 2.12 bits per heavy atom. The molecular weight excluding hydrogens is 240 g/mol. The van der Waals surface area contributed by atoms with E-state index in [2.05, 4.69) is 10.6 Å². The zero-order chi connectivity index (χ0) is 11.6. The van der Waals surface area contributed by atoms with Crippen molar-refractivity contribution in [1.82, 2.24) is 10.6 Å². The van der Waals surface area contributed by atoms with Gasteiger partial charge in [-0.1, -0.05) is 0 Å². The maximum Gasteiger partial charge on any atom is 0.233 e. The number of halogens is 1. The van der Waals surface area contributed by atoms with Gasteiger partial charge in [-0.3, -0.25) is 4.79 Å². The molecule has 0 heterocycles. The minimum Gasteiger partial charge on any atom is -0.382 e. The van der Waals surface area contributed by atoms with Crippen molar-refractivity contribution in [3.63, 3.8) is 0 Å². The Morgan fingerprint density at radius 1 is 1.35 bits per heavy atom. The first-order valence-corrected chi connectivity index (χ1v) is 6.38. The molecule has 0 radical (unpaired) electrons. The van der Waals surface area contributed by atoms with Crippen LogP contribution in [0.4, 0.5) is 0 Å². The van der Waals surface area contributed by atoms with Gasteiger partial charge in [0, 0.05) is 19.8 Å². The Morgan fingerprint density at radius 3 is 2.76 bits per heavy atom. The minimum atomic E-state index is 0. The molecule has 1 rings (SSSR count). The number of hydrogen-bond donors (Lipinski definition) is 2. The van der Waals surface area contributed by atoms with E-state index < -0.39 is 0 Å². The standard InChI is InChI=1S/C12H24N2O2.ClH/c1-2-16-8-4-3-7-14-12(15)10-13-9-11-5-6-11;/h11,13H,2-10H2,1H3,(H,14,15);1H. The van der Waals surface area contributed by atoms with Crippen LogP contribution < -0.4 is 10.6 Å². The average Bonchev–Trinajstić information content (AvgIpc) is 3.07. The van der Waals surface area contributed by atoms with E-state index >= 15 is 0 Å². The number of nitrogens with one attached hydrogen (secondary N) is 2. The predicted octanol–water partition coefficient (Wildman–Crippen LogP) is 1.34. The van der Waals surface area contributed by atoms with Crippen molar-refractivity contribution in [2.24, 2.45) is 5.92 Å². The van der Waals surface area contributed by atoms with Crippen LogP contribution in [-0.4, -0.2) is 38.8 Å². The highest BCUT2D eigenvalue weighted by atomic mass is 35.5. The summed E-state index contributed by atoms with van der Waals surface area (Å²) in [6.07, 6.45) is 4.66. The molecule has 0 saturated heterocycles. The molecule has 0 unspecified atom stereocenters. The van der Waals surface area contributed by atoms with Gasteiger partial charge in [-0.05, 0) is 45.1 Å². The lowest BCUT2D eigenvalue weighted by atomic mass is 10.3. The molecule has 1 fully saturated rings. The summed E-state index contributed by atoms with van der Waals surface area (Å²) in [4.78, 5) is 11.3. The number of hydrogen-bond acceptors (Lipinski definition) is 3. The first-order chi connectivity index (χ1) is 7.83. The van der Waals surface area contributed by atoms with Crippen molar-refractivity contribution < 1.29 is 9.53 Å². The van der Waals surface area contributed by atoms with Crippen LogP contribution in [0.25, 0.3) is 0 Å². The fourth-order valence-electron chi connectivity index (χ4n) is 1.48. The van der Waals surface area contributed by atoms with E-state index in [1.165, 1.54) is 12.8 Å². The number of unbranched alkanes of at least 4 members (excludes halogenated alkanes) is 1. The quantitative estimate of drug-likeness (QED) is 0.586. The van der Waals surface area contributed by atoms with E-state index in [9.17, 15) is 4.79 Å². The van der Waals surface area contributed by atoms with Crippen LogP contribution in [0, 0.1) is 5.92 Å². The second-order valence-electron chi connectivity index (χ2n) is 4.33. The second-order valence-corrected chi connectivity index (χ2v) is 4.33. The highest BCUT2D eigenvalue weighted by Gasteiger charge is 2.20. The van der Waals surface area contributed by atoms with Gasteiger partial charge in [0.2, 0.25) is 5.91 Å². The molecule has 102 valence electrons. The van der Waals surface area contributed by atoms with Gasteiger partial charge in [0.05, 0.1) is 6.54 Å². The van der Waals surface area contributed by atoms with E-state index in [-0.39, 0.29) is 18.3 Å². The molecule has 0 aliphatic heterocycles. The predicted molar refractivity (Wildman–Crippen MR) is 71.6 cm³/mol. The van der Waals surface area contributed by atoms with Gasteiger partial charge in [-0.2, -0.15) is 0 Å². The summed E-state index contributed by atoms with van der Waals surface area (Å²) in [6, 6.07) is 0. The van der Waals surface area contributed by atoms with Gasteiger partial charge in [0.25, 0.3) is 0 Å². The van der Waals surface area contributed by atoms with Crippen LogP contribution in [0.5, 0.6) is 0 Å². The number of amides is 1. The van der Waals surface area contributed by atoms with Gasteiger partial charge in [0.15, 0.2) is 0 Å². The Balaban J connectivity index is 0.00000256. The highest BCUT2D eigenvalue weighted by molar-refractivity contribution is 5.85. The number of ether oxygens (including phenoxy) is 1. The van der Waals surface area contributed by atoms with Gasteiger partial charge in [-0.15, -0.1) is 12.4 Å². The third kappa shape index (κ3) is 10.5. The molecule has 1 amide bonds. The van der Waals surface area contributed by atoms with Crippen LogP contribution in [0.3, 0.4) is 0 Å². The molecule has 1 aliphatic carbocycles. The Kier molecular flexibility index (Phi) is 10.6. The molecule has 0 aromatic rings. The lowest BCUT2D eigenvalue weighted by molar-refractivity contribution is -0.120. The molecule has 1 saturated carbocycles. The van der Waals surface area contributed by atoms with Gasteiger partial charge in [-0.25, -0.2) is 0 Å². The van der Waals surface area contributed by atoms with Gasteiger partial charge < -0.3 is 15.4 Å². The maximum absolute atomic E-state index is 11.3. The fourth-order valence-corrected chi connectivity index (χ4v) is 1.48. The lowest BCUT2D eigenvalue weighted by Gasteiger charge is -2.06. The average molecular weight is 265 g/mol. The second kappa shape index (κ2) is 10.8. The Labute approximate surface area is 110 Å². The summed E-state index contributed by atoms with van der Waals surface area (Å²) in [5.74, 6) is 0.941. The van der Waals surface area contributed by atoms with Crippen molar-refractivity contribution in [3.05, 3.63) is 0 Å². The first kappa shape index (κ1) is 16.7. The third-order valence-corrected chi connectivity index (χ3v) is 2.66. The molecule has 0 aromatic carbocycles. The third-order valence-electron chi connectivity index (χ3n) is 2.66. The topological polar surface area (TPSA) is 50.4 Å². The van der Waals surface area contributed by atoms with Crippen LogP contribution >= 0.6 is 12.4 Å². The smallest absolute Gasteiger partial charge is 0.233 e. The fraction of sp³-hybridized carbons (Fsp3) is 0.917. The number of carbonyl (C=O) groups excluding carboxylic acids is 1. The van der Waals surface area contributed by atoms with Crippen molar-refractivity contribution in [2.45, 2.75) is 32.6 Å². The van der Waals surface area contributed by atoms with Gasteiger partial charge >= 0.3 is 0 Å². The number of carbonyl (C=O) groups is 1. The molecule has 5 heteroatoms. The van der Waals surface area contributed by atoms with Crippen molar-refractivity contribution in [2.75, 3.05) is 32.8 Å². The van der Waals surface area contributed by atoms with Crippen LogP contribution in [-0.2, 0) is 9.53 Å². The normalized spacial score (nSPS) is 14.2. The maximum atomic E-state index is 11.3. The molecule has 0 atom stereocenters. The number of rotatable bonds is 10. The summed E-state index contributed by atoms with van der Waals surface area (Å²) >= 11 is 0. The van der Waals surface area contributed by atoms with E-state index in [0.29, 0.717) is 6.54 Å². The summed E-state index contributed by atoms with van der Waals surface area (Å²) < 4.78 is 5.21. The summed E-state index contributed by atoms with van der Waals surface area (Å²) in [5, 5.41) is 6.07. The molecule has 1 aliphatic rings. The van der Waals surface area contributed by atoms with Crippen molar-refractivity contribution >= 4 is 18.3 Å². The Bertz CT molecular complexity index is 199. The summed E-state index contributed by atoms with van der Waals surface area (Å²) in [5.41, 5.74) is 0. The van der Waals surface area contributed by atoms with Crippen LogP contribution in [0.1, 0.15) is 32.6 Å². The molecule has 2 N–H and O–H groups in total. The molecule has 17 heavy (non-hydrogen) atoms. The van der Waals surface area contributed by atoms with Crippen molar-refractivity contribution in [1.29, 1.82) is 0 Å². The molecule has 0 bridgehead atoms. The van der Waals surface area contributed by atoms with E-state index in [1.54, 1.807) is 0 Å². The molecule has 0 spiro atoms. The summed E-state index contributed by atoms with van der Waals surface area (Å²) in [6.45, 7) is 5.79. The van der Waals surface area contributed by atoms with E-state index in [0.717, 1.165) is 45.1 Å². The molecular formula is C12H25ClN2O2. The first-order valence-electron chi connectivity index (χ1n) is 6.38.